The van der Waals surface area contributed by atoms with Crippen LogP contribution >= 0.6 is 0 Å². The van der Waals surface area contributed by atoms with Crippen molar-refractivity contribution in [1.29, 1.82) is 0 Å². The highest BCUT2D eigenvalue weighted by atomic mass is 16.2. The van der Waals surface area contributed by atoms with E-state index in [4.69, 9.17) is 5.73 Å². The van der Waals surface area contributed by atoms with Gasteiger partial charge >= 0.3 is 0 Å². The van der Waals surface area contributed by atoms with E-state index in [1.165, 1.54) is 5.56 Å². The van der Waals surface area contributed by atoms with Crippen molar-refractivity contribution in [2.24, 2.45) is 5.73 Å². The van der Waals surface area contributed by atoms with Crippen LogP contribution in [0.5, 0.6) is 0 Å². The van der Waals surface area contributed by atoms with Gasteiger partial charge in [-0.3, -0.25) is 4.79 Å². The highest BCUT2D eigenvalue weighted by Gasteiger charge is 2.14. The maximum atomic E-state index is 12.1. The fourth-order valence-corrected chi connectivity index (χ4v) is 2.24. The first-order valence-corrected chi connectivity index (χ1v) is 7.38. The molecule has 3 heteroatoms. The van der Waals surface area contributed by atoms with Gasteiger partial charge < -0.3 is 11.1 Å². The van der Waals surface area contributed by atoms with E-state index in [1.54, 1.807) is 0 Å². The van der Waals surface area contributed by atoms with Crippen LogP contribution in [0.25, 0.3) is 0 Å². The van der Waals surface area contributed by atoms with Crippen molar-refractivity contribution < 1.29 is 4.79 Å². The van der Waals surface area contributed by atoms with Crippen molar-refractivity contribution in [1.82, 2.24) is 0 Å². The molecule has 0 aliphatic carbocycles. The van der Waals surface area contributed by atoms with Crippen LogP contribution in [0.4, 0.5) is 5.69 Å². The predicted molar refractivity (Wildman–Crippen MR) is 87.2 cm³/mol. The van der Waals surface area contributed by atoms with E-state index >= 15 is 0 Å². The van der Waals surface area contributed by atoms with Gasteiger partial charge in [0.15, 0.2) is 0 Å². The Morgan fingerprint density at radius 1 is 1.05 bits per heavy atom. The monoisotopic (exact) mass is 282 g/mol. The van der Waals surface area contributed by atoms with Gasteiger partial charge in [-0.1, -0.05) is 55.8 Å². The van der Waals surface area contributed by atoms with Crippen LogP contribution in [-0.2, 0) is 17.6 Å². The number of hydrogen-bond acceptors (Lipinski definition) is 2. The summed E-state index contributed by atoms with van der Waals surface area (Å²) < 4.78 is 0. The average molecular weight is 282 g/mol. The Hall–Kier alpha value is -2.13. The second-order valence-corrected chi connectivity index (χ2v) is 5.23. The maximum absolute atomic E-state index is 12.1. The van der Waals surface area contributed by atoms with Gasteiger partial charge in [0.1, 0.15) is 0 Å². The molecule has 0 heterocycles. The average Bonchev–Trinajstić information content (AvgIpc) is 2.50. The lowest BCUT2D eigenvalue weighted by Crippen LogP contribution is -2.37. The summed E-state index contributed by atoms with van der Waals surface area (Å²) in [5.74, 6) is -0.151. The number of aryl methyl sites for hydroxylation is 1. The van der Waals surface area contributed by atoms with Crippen molar-refractivity contribution in [3.8, 4) is 0 Å². The van der Waals surface area contributed by atoms with Crippen LogP contribution in [0.2, 0.25) is 0 Å². The normalized spacial score (nSPS) is 11.9. The molecular formula is C18H22N2O. The van der Waals surface area contributed by atoms with E-state index < -0.39 is 6.04 Å². The van der Waals surface area contributed by atoms with Gasteiger partial charge in [0.2, 0.25) is 5.91 Å². The molecule has 0 saturated carbocycles. The van der Waals surface area contributed by atoms with Crippen molar-refractivity contribution in [2.75, 3.05) is 5.32 Å². The summed E-state index contributed by atoms with van der Waals surface area (Å²) in [5, 5.41) is 2.87. The van der Waals surface area contributed by atoms with Crippen LogP contribution < -0.4 is 11.1 Å². The number of hydrogen-bond donors (Lipinski definition) is 2. The standard InChI is InChI=1S/C18H22N2O/c1-2-6-14-9-11-16(12-10-14)20-18(21)17(19)13-15-7-4-3-5-8-15/h3-5,7-12,17H,2,6,13,19H2,1H3,(H,20,21). The SMILES string of the molecule is CCCc1ccc(NC(=O)C(N)Cc2ccccc2)cc1. The summed E-state index contributed by atoms with van der Waals surface area (Å²) in [5.41, 5.74) is 9.11. The highest BCUT2D eigenvalue weighted by molar-refractivity contribution is 5.94. The summed E-state index contributed by atoms with van der Waals surface area (Å²) in [6, 6.07) is 17.2. The zero-order chi connectivity index (χ0) is 15.1. The molecule has 0 spiro atoms. The van der Waals surface area contributed by atoms with Crippen LogP contribution in [0.3, 0.4) is 0 Å². The van der Waals surface area contributed by atoms with Gasteiger partial charge in [0.25, 0.3) is 0 Å². The molecule has 0 bridgehead atoms. The topological polar surface area (TPSA) is 55.1 Å². The molecule has 3 N–H and O–H groups in total. The minimum atomic E-state index is -0.539. The molecule has 1 atom stereocenters. The first-order valence-electron chi connectivity index (χ1n) is 7.38. The van der Waals surface area contributed by atoms with E-state index in [1.807, 2.05) is 54.6 Å². The molecule has 0 aromatic heterocycles. The number of nitrogens with one attached hydrogen (secondary N) is 1. The third-order valence-corrected chi connectivity index (χ3v) is 3.40. The Labute approximate surface area is 126 Å². The lowest BCUT2D eigenvalue weighted by Gasteiger charge is -2.12. The third kappa shape index (κ3) is 4.72. The van der Waals surface area contributed by atoms with Crippen molar-refractivity contribution in [3.05, 3.63) is 65.7 Å². The third-order valence-electron chi connectivity index (χ3n) is 3.40. The van der Waals surface area contributed by atoms with Gasteiger partial charge in [0.05, 0.1) is 6.04 Å². The van der Waals surface area contributed by atoms with E-state index in [2.05, 4.69) is 12.2 Å². The van der Waals surface area contributed by atoms with Crippen molar-refractivity contribution >= 4 is 11.6 Å². The summed E-state index contributed by atoms with van der Waals surface area (Å²) in [6.45, 7) is 2.15. The second kappa shape index (κ2) is 7.60. The Morgan fingerprint density at radius 3 is 2.33 bits per heavy atom. The smallest absolute Gasteiger partial charge is 0.241 e. The van der Waals surface area contributed by atoms with Gasteiger partial charge in [0, 0.05) is 5.69 Å². The molecule has 0 radical (unpaired) electrons. The lowest BCUT2D eigenvalue weighted by molar-refractivity contribution is -0.117. The quantitative estimate of drug-likeness (QED) is 0.855. The molecule has 2 aromatic carbocycles. The summed E-state index contributed by atoms with van der Waals surface area (Å²) >= 11 is 0. The fourth-order valence-electron chi connectivity index (χ4n) is 2.24. The first kappa shape index (κ1) is 15.3. The zero-order valence-corrected chi connectivity index (χ0v) is 12.4. The number of amides is 1. The van der Waals surface area contributed by atoms with Crippen molar-refractivity contribution in [3.63, 3.8) is 0 Å². The Morgan fingerprint density at radius 2 is 1.71 bits per heavy atom. The second-order valence-electron chi connectivity index (χ2n) is 5.23. The minimum Gasteiger partial charge on any atom is -0.325 e. The van der Waals surface area contributed by atoms with Gasteiger partial charge in [-0.25, -0.2) is 0 Å². The molecule has 2 aromatic rings. The van der Waals surface area contributed by atoms with Crippen LogP contribution in [0.15, 0.2) is 54.6 Å². The van der Waals surface area contributed by atoms with Crippen molar-refractivity contribution in [2.45, 2.75) is 32.2 Å². The molecule has 21 heavy (non-hydrogen) atoms. The number of anilines is 1. The molecule has 1 amide bonds. The number of carbonyl (C=O) groups is 1. The van der Waals surface area contributed by atoms with E-state index in [9.17, 15) is 4.79 Å². The Balaban J connectivity index is 1.91. The molecule has 0 aliphatic rings. The molecule has 0 aliphatic heterocycles. The predicted octanol–water partition coefficient (Wildman–Crippen LogP) is 3.15. The largest absolute Gasteiger partial charge is 0.325 e. The molecular weight excluding hydrogens is 260 g/mol. The van der Waals surface area contributed by atoms with Gasteiger partial charge in [-0.2, -0.15) is 0 Å². The molecule has 3 nitrogen and oxygen atoms in total. The number of rotatable bonds is 6. The first-order chi connectivity index (χ1) is 10.2. The summed E-state index contributed by atoms with van der Waals surface area (Å²) in [4.78, 5) is 12.1. The zero-order valence-electron chi connectivity index (χ0n) is 12.4. The molecule has 110 valence electrons. The Kier molecular flexibility index (Phi) is 5.52. The minimum absolute atomic E-state index is 0.151. The molecule has 2 rings (SSSR count). The Bertz CT molecular complexity index is 564. The molecule has 0 fully saturated rings. The van der Waals surface area contributed by atoms with E-state index in [0.717, 1.165) is 24.1 Å². The van der Waals surface area contributed by atoms with E-state index in [0.29, 0.717) is 6.42 Å². The number of carbonyl (C=O) groups excluding carboxylic acids is 1. The van der Waals surface area contributed by atoms with Gasteiger partial charge in [-0.05, 0) is 36.1 Å². The number of benzene rings is 2. The van der Waals surface area contributed by atoms with E-state index in [-0.39, 0.29) is 5.91 Å². The maximum Gasteiger partial charge on any atom is 0.241 e. The lowest BCUT2D eigenvalue weighted by atomic mass is 10.1. The highest BCUT2D eigenvalue weighted by Crippen LogP contribution is 2.12. The van der Waals surface area contributed by atoms with Crippen LogP contribution in [0.1, 0.15) is 24.5 Å². The number of nitrogens with two attached hydrogens (primary N) is 1. The van der Waals surface area contributed by atoms with Crippen LogP contribution in [-0.4, -0.2) is 11.9 Å². The molecule has 0 saturated heterocycles. The summed E-state index contributed by atoms with van der Waals surface area (Å²) in [6.07, 6.45) is 2.72. The van der Waals surface area contributed by atoms with Crippen LogP contribution in [0, 0.1) is 0 Å². The fraction of sp³-hybridized carbons (Fsp3) is 0.278. The van der Waals surface area contributed by atoms with Gasteiger partial charge in [-0.15, -0.1) is 0 Å². The molecule has 1 unspecified atom stereocenters. The summed E-state index contributed by atoms with van der Waals surface area (Å²) in [7, 11) is 0.